The first-order chi connectivity index (χ1) is 44.0. The van der Waals surface area contributed by atoms with Gasteiger partial charge >= 0.3 is 0 Å². The van der Waals surface area contributed by atoms with Gasteiger partial charge in [-0.15, -0.1) is 32.9 Å². The molecule has 0 atom stereocenters. The predicted octanol–water partition coefficient (Wildman–Crippen LogP) is 26.4. The summed E-state index contributed by atoms with van der Waals surface area (Å²) in [6.45, 7) is 85.3. The van der Waals surface area contributed by atoms with Crippen LogP contribution in [0.5, 0.6) is 0 Å². The lowest BCUT2D eigenvalue weighted by Crippen LogP contribution is -1.86. The third kappa shape index (κ3) is 459. The summed E-state index contributed by atoms with van der Waals surface area (Å²) < 4.78 is 36.5. The number of ether oxygens (including phenoxy) is 8. The second kappa shape index (κ2) is 306. The van der Waals surface area contributed by atoms with Crippen LogP contribution >= 0.6 is 0 Å². The van der Waals surface area contributed by atoms with E-state index in [2.05, 4.69) is 96.9 Å². The molecular weight excluding hydrogens is 1130 g/mol. The molecule has 0 aliphatic carbocycles. The normalized spacial score (nSPS) is 6.34. The first-order valence-corrected chi connectivity index (χ1v) is 34.0. The fourth-order valence-electron chi connectivity index (χ4n) is 2.64. The molecule has 92 heavy (non-hydrogen) atoms. The van der Waals surface area contributed by atoms with Gasteiger partial charge in [0.05, 0.1) is 26.4 Å². The van der Waals surface area contributed by atoms with E-state index < -0.39 is 0 Å². The Morgan fingerprint density at radius 3 is 0.380 bits per heavy atom. The van der Waals surface area contributed by atoms with E-state index in [1.165, 1.54) is 11.1 Å². The Kier molecular flexibility index (Phi) is 523. The van der Waals surface area contributed by atoms with Crippen molar-refractivity contribution in [3.63, 3.8) is 0 Å². The van der Waals surface area contributed by atoms with E-state index in [9.17, 15) is 0 Å². The molecule has 0 aliphatic rings. The molecule has 4 aromatic rings. The molecule has 8 nitrogen and oxygen atoms in total. The van der Waals surface area contributed by atoms with Crippen LogP contribution < -0.4 is 0 Å². The first kappa shape index (κ1) is 157. The van der Waals surface area contributed by atoms with Gasteiger partial charge in [0, 0.05) is 100 Å². The van der Waals surface area contributed by atoms with Crippen LogP contribution in [-0.4, -0.2) is 127 Å². The molecular formula is C82H172B2O8. The molecule has 0 spiro atoms. The van der Waals surface area contributed by atoms with Gasteiger partial charge in [0.1, 0.15) is 0 Å². The van der Waals surface area contributed by atoms with Gasteiger partial charge in [-0.2, -0.15) is 0 Å². The molecule has 0 aromatic heterocycles. The lowest BCUT2D eigenvalue weighted by molar-refractivity contribution is 0.177. The van der Waals surface area contributed by atoms with Crippen molar-refractivity contribution >= 4 is 16.8 Å². The molecule has 6 radical (unpaired) electrons. The van der Waals surface area contributed by atoms with Crippen molar-refractivity contribution in [2.75, 3.05) is 110 Å². The van der Waals surface area contributed by atoms with Crippen molar-refractivity contribution < 1.29 is 37.9 Å². The van der Waals surface area contributed by atoms with E-state index >= 15 is 0 Å². The fraction of sp³-hybridized carbons (Fsp3) is 0.585. The Labute approximate surface area is 590 Å². The predicted molar refractivity (Wildman–Crippen MR) is 442 cm³/mol. The van der Waals surface area contributed by atoms with E-state index in [1.807, 2.05) is 309 Å². The zero-order valence-corrected chi connectivity index (χ0v) is 69.9. The lowest BCUT2D eigenvalue weighted by Gasteiger charge is -1.88. The largest absolute Gasteiger partial charge is 0.388 e. The number of benzene rings is 4. The molecule has 0 aliphatic heterocycles. The average Bonchev–Trinajstić information content (AvgIpc) is 3.64. The van der Waals surface area contributed by atoms with E-state index in [0.29, 0.717) is 26.4 Å². The van der Waals surface area contributed by atoms with Crippen LogP contribution in [0.1, 0.15) is 218 Å². The summed E-state index contributed by atoms with van der Waals surface area (Å²) in [6.07, 6.45) is 9.92. The second-order valence-electron chi connectivity index (χ2n) is 11.7. The SMILES string of the molecule is C=CCC.C=CCOCC.C=CCOCC.C=CCOCC.C=CCOCC.CC.CC.CC.CC.CC.CC.CC.CC.CC.CC.CC.CC.COC.COC.COC.COC.Cc1ccccc1.Cc1ccccc1.[B].[B].c1ccccc1.c1ccccc1. The van der Waals surface area contributed by atoms with Crippen molar-refractivity contribution in [1.29, 1.82) is 0 Å². The van der Waals surface area contributed by atoms with Crippen LogP contribution in [-0.2, 0) is 37.9 Å². The molecule has 0 saturated carbocycles. The Hall–Kier alpha value is -4.61. The van der Waals surface area contributed by atoms with Crippen LogP contribution in [0.3, 0.4) is 0 Å². The Morgan fingerprint density at radius 1 is 0.239 bits per heavy atom. The monoisotopic (exact) mass is 1310 g/mol. The number of hydrogen-bond acceptors (Lipinski definition) is 8. The highest BCUT2D eigenvalue weighted by Crippen LogP contribution is 1.93. The number of rotatable bonds is 13. The number of allylic oxidation sites excluding steroid dienone is 1. The number of hydrogen-bond donors (Lipinski definition) is 0. The van der Waals surface area contributed by atoms with Crippen molar-refractivity contribution in [3.05, 3.63) is 208 Å². The standard InChI is InChI=1S/2C7H8.2C6H6.4C5H10O.C4H8.4C2H6O.12C2H6.2B/c2*1-7-5-3-2-4-6-7;2*1-2-4-6-5-3-1;4*1-3-5-6-4-2;1-3-4-2;4*1-3-2;12*1-2;;/h2*2-6H,1H3;2*1-6H;4*3H,1,4-5H2,2H3;3H,1,4H2,2H3;4*1-2H3;12*1-2H3;;. The van der Waals surface area contributed by atoms with Gasteiger partial charge in [-0.1, -0.05) is 348 Å². The molecule has 0 heterocycles. The topological polar surface area (TPSA) is 73.8 Å². The van der Waals surface area contributed by atoms with Gasteiger partial charge in [-0.05, 0) is 48.0 Å². The molecule has 0 amide bonds. The number of aryl methyl sites for hydroxylation is 2. The summed E-state index contributed by atoms with van der Waals surface area (Å²) in [6, 6.07) is 44.5. The molecule has 4 rings (SSSR count). The van der Waals surface area contributed by atoms with Gasteiger partial charge in [-0.3, -0.25) is 0 Å². The zero-order valence-electron chi connectivity index (χ0n) is 69.9. The van der Waals surface area contributed by atoms with Crippen LogP contribution in [0, 0.1) is 13.8 Å². The van der Waals surface area contributed by atoms with E-state index in [1.54, 1.807) is 81.2 Å². The van der Waals surface area contributed by atoms with E-state index in [0.717, 1.165) is 32.8 Å². The minimum absolute atomic E-state index is 0. The van der Waals surface area contributed by atoms with Crippen LogP contribution in [0.15, 0.2) is 197 Å². The minimum atomic E-state index is 0. The highest BCUT2D eigenvalue weighted by atomic mass is 16.5. The maximum atomic E-state index is 4.86. The van der Waals surface area contributed by atoms with Crippen LogP contribution in [0.4, 0.5) is 0 Å². The summed E-state index contributed by atoms with van der Waals surface area (Å²) in [5.74, 6) is 0. The quantitative estimate of drug-likeness (QED) is 0.0745. The Bertz CT molecular complexity index is 1100. The smallest absolute Gasteiger partial charge is 0.0644 e. The van der Waals surface area contributed by atoms with Gasteiger partial charge < -0.3 is 37.9 Å². The van der Waals surface area contributed by atoms with Gasteiger partial charge in [0.25, 0.3) is 0 Å². The highest BCUT2D eigenvalue weighted by molar-refractivity contribution is 5.76. The highest BCUT2D eigenvalue weighted by Gasteiger charge is 1.73. The van der Waals surface area contributed by atoms with E-state index in [4.69, 9.17) is 18.9 Å². The van der Waals surface area contributed by atoms with Gasteiger partial charge in [0.2, 0.25) is 0 Å². The minimum Gasteiger partial charge on any atom is -0.388 e. The molecule has 0 saturated heterocycles. The van der Waals surface area contributed by atoms with Crippen molar-refractivity contribution in [3.8, 4) is 0 Å². The molecule has 0 N–H and O–H groups in total. The zero-order chi connectivity index (χ0) is 76.3. The summed E-state index contributed by atoms with van der Waals surface area (Å²) in [7, 11) is 13.0. The second-order valence-corrected chi connectivity index (χ2v) is 11.7. The molecule has 0 bridgehead atoms. The van der Waals surface area contributed by atoms with Gasteiger partial charge in [-0.25, -0.2) is 0 Å². The maximum Gasteiger partial charge on any atom is 0.0644 e. The molecule has 4 aromatic carbocycles. The lowest BCUT2D eigenvalue weighted by atomic mass is 10.2. The van der Waals surface area contributed by atoms with E-state index in [-0.39, 0.29) is 16.8 Å². The summed E-state index contributed by atoms with van der Waals surface area (Å²) >= 11 is 0. The third-order valence-corrected chi connectivity index (χ3v) is 5.26. The fourth-order valence-corrected chi connectivity index (χ4v) is 2.64. The number of methoxy groups -OCH3 is 4. The van der Waals surface area contributed by atoms with Crippen molar-refractivity contribution in [1.82, 2.24) is 0 Å². The Morgan fingerprint density at radius 2 is 0.337 bits per heavy atom. The molecule has 0 fully saturated rings. The summed E-state index contributed by atoms with van der Waals surface area (Å²) in [5, 5.41) is 0. The van der Waals surface area contributed by atoms with Crippen LogP contribution in [0.2, 0.25) is 0 Å². The molecule has 10 heteroatoms. The van der Waals surface area contributed by atoms with Crippen molar-refractivity contribution in [2.45, 2.75) is 221 Å². The summed E-state index contributed by atoms with van der Waals surface area (Å²) in [5.41, 5.74) is 2.64. The molecule has 0 unspecified atom stereocenters. The van der Waals surface area contributed by atoms with Gasteiger partial charge in [0.15, 0.2) is 0 Å². The first-order valence-electron chi connectivity index (χ1n) is 34.0. The van der Waals surface area contributed by atoms with Crippen LogP contribution in [0.25, 0.3) is 0 Å². The summed E-state index contributed by atoms with van der Waals surface area (Å²) in [4.78, 5) is 0. The third-order valence-electron chi connectivity index (χ3n) is 5.26. The van der Waals surface area contributed by atoms with Crippen molar-refractivity contribution in [2.24, 2.45) is 0 Å². The average molecular weight is 1310 g/mol. The Balaban J connectivity index is -0.0000000261. The molecule has 554 valence electrons. The maximum absolute atomic E-state index is 4.86.